The van der Waals surface area contributed by atoms with Crippen molar-refractivity contribution in [1.82, 2.24) is 10.3 Å². The molecule has 0 spiro atoms. The van der Waals surface area contributed by atoms with Crippen LogP contribution < -0.4 is 5.32 Å². The van der Waals surface area contributed by atoms with Gasteiger partial charge in [0.2, 0.25) is 0 Å². The average Bonchev–Trinajstić information content (AvgIpc) is 2.35. The van der Waals surface area contributed by atoms with Gasteiger partial charge in [-0.3, -0.25) is 0 Å². The Morgan fingerprint density at radius 1 is 1.67 bits per heavy atom. The fourth-order valence-electron chi connectivity index (χ4n) is 1.35. The highest BCUT2D eigenvalue weighted by Crippen LogP contribution is 2.22. The zero-order valence-electron chi connectivity index (χ0n) is 9.77. The van der Waals surface area contributed by atoms with Gasteiger partial charge in [-0.2, -0.15) is 5.26 Å². The fraction of sp³-hybridized carbons (Fsp3) is 0.250. The molecule has 1 rings (SSSR count). The maximum absolute atomic E-state index is 11.0. The van der Waals surface area contributed by atoms with Gasteiger partial charge in [0.25, 0.3) is 0 Å². The minimum absolute atomic E-state index is 0.158. The number of nitrogens with zero attached hydrogens (tertiary/aromatic N) is 2. The van der Waals surface area contributed by atoms with Crippen LogP contribution in [0.25, 0.3) is 5.70 Å². The number of nitriles is 1. The van der Waals surface area contributed by atoms with E-state index in [0.717, 1.165) is 6.42 Å². The van der Waals surface area contributed by atoms with Gasteiger partial charge in [-0.25, -0.2) is 9.78 Å². The van der Waals surface area contributed by atoms with Crippen molar-refractivity contribution in [2.45, 2.75) is 13.3 Å². The van der Waals surface area contributed by atoms with E-state index in [9.17, 15) is 4.79 Å². The lowest BCUT2D eigenvalue weighted by Gasteiger charge is -2.12. The highest BCUT2D eigenvalue weighted by Gasteiger charge is 2.17. The quantitative estimate of drug-likeness (QED) is 0.483. The molecule has 1 aromatic rings. The molecular weight excluding hydrogens is 254 g/mol. The van der Waals surface area contributed by atoms with Gasteiger partial charge in [0.05, 0.1) is 5.70 Å². The zero-order valence-corrected chi connectivity index (χ0v) is 10.5. The van der Waals surface area contributed by atoms with Gasteiger partial charge in [-0.05, 0) is 18.6 Å². The molecule has 0 saturated heterocycles. The first kappa shape index (κ1) is 14.0. The summed E-state index contributed by atoms with van der Waals surface area (Å²) in [5.74, 6) is -1.30. The fourth-order valence-corrected chi connectivity index (χ4v) is 1.57. The highest BCUT2D eigenvalue weighted by atomic mass is 35.5. The van der Waals surface area contributed by atoms with E-state index in [1.807, 2.05) is 6.92 Å². The topological polar surface area (TPSA) is 86.0 Å². The Labute approximate surface area is 110 Å². The average molecular weight is 266 g/mol. The number of carboxylic acids is 1. The number of carbonyl (C=O) groups is 1. The predicted octanol–water partition coefficient (Wildman–Crippen LogP) is 2.05. The Morgan fingerprint density at radius 3 is 2.89 bits per heavy atom. The summed E-state index contributed by atoms with van der Waals surface area (Å²) in [4.78, 5) is 14.9. The van der Waals surface area contributed by atoms with Crippen molar-refractivity contribution in [3.05, 3.63) is 34.6 Å². The second kappa shape index (κ2) is 6.62. The molecule has 0 aliphatic carbocycles. The van der Waals surface area contributed by atoms with Crippen LogP contribution in [-0.4, -0.2) is 22.6 Å². The molecule has 0 unspecified atom stereocenters. The van der Waals surface area contributed by atoms with Crippen LogP contribution in [0.1, 0.15) is 18.9 Å². The van der Waals surface area contributed by atoms with Crippen molar-refractivity contribution in [2.75, 3.05) is 6.54 Å². The van der Waals surface area contributed by atoms with E-state index < -0.39 is 5.97 Å². The molecule has 1 heterocycles. The van der Waals surface area contributed by atoms with Gasteiger partial charge < -0.3 is 10.4 Å². The summed E-state index contributed by atoms with van der Waals surface area (Å²) in [6, 6.07) is 4.92. The molecule has 1 aromatic heterocycles. The summed E-state index contributed by atoms with van der Waals surface area (Å²) in [5.41, 5.74) is 0.231. The summed E-state index contributed by atoms with van der Waals surface area (Å²) >= 11 is 5.92. The van der Waals surface area contributed by atoms with Crippen LogP contribution >= 0.6 is 11.6 Å². The first-order chi connectivity index (χ1) is 8.61. The molecular formula is C12H12ClN3O2. The van der Waals surface area contributed by atoms with E-state index in [-0.39, 0.29) is 16.4 Å². The highest BCUT2D eigenvalue weighted by molar-refractivity contribution is 6.31. The second-order valence-electron chi connectivity index (χ2n) is 3.44. The number of halogens is 1. The Morgan fingerprint density at radius 2 is 2.39 bits per heavy atom. The lowest BCUT2D eigenvalue weighted by Crippen LogP contribution is -2.18. The van der Waals surface area contributed by atoms with Gasteiger partial charge in [0.1, 0.15) is 11.2 Å². The molecule has 6 heteroatoms. The summed E-state index contributed by atoms with van der Waals surface area (Å²) in [5, 5.41) is 21.0. The second-order valence-corrected chi connectivity index (χ2v) is 3.79. The van der Waals surface area contributed by atoms with E-state index in [1.165, 1.54) is 6.20 Å². The van der Waals surface area contributed by atoms with E-state index in [0.29, 0.717) is 12.1 Å². The van der Waals surface area contributed by atoms with Crippen LogP contribution in [0.4, 0.5) is 0 Å². The molecule has 0 radical (unpaired) electrons. The third kappa shape index (κ3) is 3.22. The maximum Gasteiger partial charge on any atom is 0.348 e. The first-order valence-electron chi connectivity index (χ1n) is 5.34. The summed E-state index contributed by atoms with van der Waals surface area (Å²) in [7, 11) is 0. The summed E-state index contributed by atoms with van der Waals surface area (Å²) < 4.78 is 0. The summed E-state index contributed by atoms with van der Waals surface area (Å²) in [6.45, 7) is 2.47. The Kier molecular flexibility index (Phi) is 5.15. The monoisotopic (exact) mass is 265 g/mol. The molecule has 0 saturated carbocycles. The molecule has 2 N–H and O–H groups in total. The largest absolute Gasteiger partial charge is 0.477 e. The Hall–Kier alpha value is -2.06. The smallest absolute Gasteiger partial charge is 0.348 e. The van der Waals surface area contributed by atoms with Crippen LogP contribution in [0, 0.1) is 11.3 Å². The molecule has 94 valence electrons. The molecule has 0 aliphatic heterocycles. The number of carboxylic acid groups (broad SMARTS) is 1. The SMILES string of the molecule is CCCN/C(=C(/C#N)C(=O)O)c1cccnc1Cl. The van der Waals surface area contributed by atoms with E-state index >= 15 is 0 Å². The molecule has 18 heavy (non-hydrogen) atoms. The standard InChI is InChI=1S/C12H12ClN3O2/c1-2-5-15-10(9(7-14)12(17)18)8-4-3-6-16-11(8)13/h3-4,6,15H,2,5H2,1H3,(H,17,18)/b10-9-. The van der Waals surface area contributed by atoms with Crippen molar-refractivity contribution in [3.8, 4) is 6.07 Å². The van der Waals surface area contributed by atoms with Crippen molar-refractivity contribution in [3.63, 3.8) is 0 Å². The molecule has 0 atom stereocenters. The number of hydrogen-bond acceptors (Lipinski definition) is 4. The Balaban J connectivity index is 3.35. The lowest BCUT2D eigenvalue weighted by molar-refractivity contribution is -0.132. The number of pyridine rings is 1. The van der Waals surface area contributed by atoms with Crippen molar-refractivity contribution in [1.29, 1.82) is 5.26 Å². The van der Waals surface area contributed by atoms with Crippen LogP contribution in [0.3, 0.4) is 0 Å². The third-order valence-electron chi connectivity index (χ3n) is 2.16. The third-order valence-corrected chi connectivity index (χ3v) is 2.46. The minimum Gasteiger partial charge on any atom is -0.477 e. The Bertz CT molecular complexity index is 520. The molecule has 5 nitrogen and oxygen atoms in total. The number of rotatable bonds is 5. The normalized spacial score (nSPS) is 11.4. The number of aliphatic carboxylic acids is 1. The maximum atomic E-state index is 11.0. The molecule has 0 aliphatic rings. The van der Waals surface area contributed by atoms with Crippen LogP contribution in [-0.2, 0) is 4.79 Å². The van der Waals surface area contributed by atoms with E-state index in [1.54, 1.807) is 18.2 Å². The number of aromatic nitrogens is 1. The van der Waals surface area contributed by atoms with Crippen molar-refractivity contribution >= 4 is 23.3 Å². The van der Waals surface area contributed by atoms with Gasteiger partial charge in [-0.15, -0.1) is 0 Å². The van der Waals surface area contributed by atoms with E-state index in [4.69, 9.17) is 22.0 Å². The van der Waals surface area contributed by atoms with Gasteiger partial charge >= 0.3 is 5.97 Å². The molecule has 0 amide bonds. The first-order valence-corrected chi connectivity index (χ1v) is 5.72. The van der Waals surface area contributed by atoms with Crippen LogP contribution in [0.15, 0.2) is 23.9 Å². The summed E-state index contributed by atoms with van der Waals surface area (Å²) in [6.07, 6.45) is 2.29. The van der Waals surface area contributed by atoms with E-state index in [2.05, 4.69) is 10.3 Å². The molecule has 0 fully saturated rings. The number of nitrogens with one attached hydrogen (secondary N) is 1. The minimum atomic E-state index is -1.30. The van der Waals surface area contributed by atoms with Crippen molar-refractivity contribution < 1.29 is 9.90 Å². The molecule has 0 aromatic carbocycles. The van der Waals surface area contributed by atoms with Gasteiger partial charge in [0, 0.05) is 18.3 Å². The zero-order chi connectivity index (χ0) is 13.5. The lowest BCUT2D eigenvalue weighted by atomic mass is 10.1. The van der Waals surface area contributed by atoms with Gasteiger partial charge in [0.15, 0.2) is 5.57 Å². The number of hydrogen-bond donors (Lipinski definition) is 2. The van der Waals surface area contributed by atoms with Gasteiger partial charge in [-0.1, -0.05) is 18.5 Å². The van der Waals surface area contributed by atoms with Crippen LogP contribution in [0.2, 0.25) is 5.15 Å². The predicted molar refractivity (Wildman–Crippen MR) is 67.7 cm³/mol. The van der Waals surface area contributed by atoms with Crippen molar-refractivity contribution in [2.24, 2.45) is 0 Å². The molecule has 0 bridgehead atoms. The van der Waals surface area contributed by atoms with Crippen LogP contribution in [0.5, 0.6) is 0 Å².